The Kier molecular flexibility index (Phi) is 3.35. The molecule has 1 aliphatic heterocycles. The summed E-state index contributed by atoms with van der Waals surface area (Å²) in [6.45, 7) is 0.455. The summed E-state index contributed by atoms with van der Waals surface area (Å²) in [5.41, 5.74) is 0.392. The van der Waals surface area contributed by atoms with Crippen LogP contribution in [0.25, 0.3) is 5.82 Å². The van der Waals surface area contributed by atoms with Gasteiger partial charge in [0.2, 0.25) is 0 Å². The summed E-state index contributed by atoms with van der Waals surface area (Å²) in [5.74, 6) is -0.806. The normalized spacial score (nSPS) is 17.9. The standard InChI is InChI=1S/C13H13N5O3/c19-12(17-5-1-2-10(17)13(20)21)9-3-4-15-11(6-9)18-8-14-7-16-18/h3-4,6-8,10H,1-2,5H2,(H,20,21)/t10-/m1/s1. The molecule has 108 valence electrons. The summed E-state index contributed by atoms with van der Waals surface area (Å²) in [5, 5.41) is 13.1. The molecule has 2 aromatic rings. The summed E-state index contributed by atoms with van der Waals surface area (Å²) in [6, 6.07) is 2.40. The molecule has 1 fully saturated rings. The number of rotatable bonds is 3. The monoisotopic (exact) mass is 287 g/mol. The fourth-order valence-electron chi connectivity index (χ4n) is 2.44. The topological polar surface area (TPSA) is 101 Å². The van der Waals surface area contributed by atoms with Gasteiger partial charge in [0, 0.05) is 18.3 Å². The number of carboxylic acid groups (broad SMARTS) is 1. The minimum atomic E-state index is -0.966. The Morgan fingerprint density at radius 3 is 2.95 bits per heavy atom. The lowest BCUT2D eigenvalue weighted by molar-refractivity contribution is -0.141. The van der Waals surface area contributed by atoms with Crippen molar-refractivity contribution in [3.8, 4) is 5.82 Å². The lowest BCUT2D eigenvalue weighted by Gasteiger charge is -2.21. The van der Waals surface area contributed by atoms with Crippen LogP contribution in [0.15, 0.2) is 31.0 Å². The van der Waals surface area contributed by atoms with Crippen molar-refractivity contribution in [1.82, 2.24) is 24.6 Å². The van der Waals surface area contributed by atoms with E-state index in [0.717, 1.165) is 0 Å². The Hall–Kier alpha value is -2.77. The summed E-state index contributed by atoms with van der Waals surface area (Å²) in [7, 11) is 0. The fraction of sp³-hybridized carbons (Fsp3) is 0.308. The van der Waals surface area contributed by atoms with E-state index >= 15 is 0 Å². The highest BCUT2D eigenvalue weighted by molar-refractivity contribution is 5.97. The molecular formula is C13H13N5O3. The molecule has 1 saturated heterocycles. The fourth-order valence-corrected chi connectivity index (χ4v) is 2.44. The van der Waals surface area contributed by atoms with Crippen molar-refractivity contribution >= 4 is 11.9 Å². The molecule has 1 amide bonds. The molecule has 0 unspecified atom stereocenters. The SMILES string of the molecule is O=C(O)[C@H]1CCCN1C(=O)c1ccnc(-n2cncn2)c1. The molecule has 8 heteroatoms. The van der Waals surface area contributed by atoms with Crippen molar-refractivity contribution in [3.63, 3.8) is 0 Å². The first-order valence-corrected chi connectivity index (χ1v) is 6.51. The summed E-state index contributed by atoms with van der Waals surface area (Å²) in [6.07, 6.45) is 5.53. The van der Waals surface area contributed by atoms with Crippen LogP contribution in [0.4, 0.5) is 0 Å². The van der Waals surface area contributed by atoms with Crippen LogP contribution in [-0.4, -0.2) is 54.2 Å². The van der Waals surface area contributed by atoms with E-state index in [-0.39, 0.29) is 5.91 Å². The number of aromatic nitrogens is 4. The second-order valence-corrected chi connectivity index (χ2v) is 4.74. The van der Waals surface area contributed by atoms with Crippen molar-refractivity contribution in [2.24, 2.45) is 0 Å². The number of carboxylic acids is 1. The van der Waals surface area contributed by atoms with Crippen LogP contribution in [0.2, 0.25) is 0 Å². The molecule has 3 rings (SSSR count). The largest absolute Gasteiger partial charge is 0.480 e. The third-order valence-corrected chi connectivity index (χ3v) is 3.44. The van der Waals surface area contributed by atoms with E-state index in [2.05, 4.69) is 15.1 Å². The zero-order chi connectivity index (χ0) is 14.8. The lowest BCUT2D eigenvalue weighted by Crippen LogP contribution is -2.40. The zero-order valence-electron chi connectivity index (χ0n) is 11.1. The molecule has 21 heavy (non-hydrogen) atoms. The summed E-state index contributed by atoms with van der Waals surface area (Å²) in [4.78, 5) is 33.0. The van der Waals surface area contributed by atoms with Gasteiger partial charge in [0.05, 0.1) is 0 Å². The van der Waals surface area contributed by atoms with Gasteiger partial charge in [0.1, 0.15) is 18.7 Å². The first-order valence-electron chi connectivity index (χ1n) is 6.51. The van der Waals surface area contributed by atoms with Crippen molar-refractivity contribution < 1.29 is 14.7 Å². The highest BCUT2D eigenvalue weighted by Gasteiger charge is 2.34. The Morgan fingerprint density at radius 1 is 1.38 bits per heavy atom. The predicted octanol–water partition coefficient (Wildman–Crippen LogP) is 0.351. The van der Waals surface area contributed by atoms with Gasteiger partial charge in [-0.1, -0.05) is 0 Å². The Labute approximate surface area is 120 Å². The molecule has 8 nitrogen and oxygen atoms in total. The minimum Gasteiger partial charge on any atom is -0.480 e. The van der Waals surface area contributed by atoms with Crippen molar-refractivity contribution in [2.45, 2.75) is 18.9 Å². The second-order valence-electron chi connectivity index (χ2n) is 4.74. The van der Waals surface area contributed by atoms with Crippen molar-refractivity contribution in [1.29, 1.82) is 0 Å². The van der Waals surface area contributed by atoms with Crippen LogP contribution in [0.1, 0.15) is 23.2 Å². The van der Waals surface area contributed by atoms with E-state index in [1.54, 1.807) is 12.1 Å². The van der Waals surface area contributed by atoms with Gasteiger partial charge in [0.25, 0.3) is 5.91 Å². The van der Waals surface area contributed by atoms with Gasteiger partial charge in [-0.3, -0.25) is 4.79 Å². The predicted molar refractivity (Wildman–Crippen MR) is 70.8 cm³/mol. The number of carbonyl (C=O) groups excluding carboxylic acids is 1. The van der Waals surface area contributed by atoms with Gasteiger partial charge < -0.3 is 10.0 Å². The maximum Gasteiger partial charge on any atom is 0.326 e. The van der Waals surface area contributed by atoms with Crippen LogP contribution in [0, 0.1) is 0 Å². The minimum absolute atomic E-state index is 0.302. The maximum absolute atomic E-state index is 12.5. The Balaban J connectivity index is 1.88. The van der Waals surface area contributed by atoms with Gasteiger partial charge in [-0.05, 0) is 25.0 Å². The second kappa shape index (κ2) is 5.31. The van der Waals surface area contributed by atoms with E-state index in [1.165, 1.54) is 28.4 Å². The van der Waals surface area contributed by atoms with Crippen molar-refractivity contribution in [3.05, 3.63) is 36.5 Å². The first kappa shape index (κ1) is 13.2. The number of likely N-dealkylation sites (tertiary alicyclic amines) is 1. The molecule has 0 aliphatic carbocycles. The molecule has 0 radical (unpaired) electrons. The highest BCUT2D eigenvalue weighted by Crippen LogP contribution is 2.20. The third-order valence-electron chi connectivity index (χ3n) is 3.44. The molecule has 0 aromatic carbocycles. The number of hydrogen-bond acceptors (Lipinski definition) is 5. The Morgan fingerprint density at radius 2 is 2.24 bits per heavy atom. The number of aliphatic carboxylic acids is 1. The average Bonchev–Trinajstić information content (AvgIpc) is 3.17. The molecule has 1 N–H and O–H groups in total. The van der Waals surface area contributed by atoms with E-state index in [9.17, 15) is 9.59 Å². The van der Waals surface area contributed by atoms with Crippen LogP contribution < -0.4 is 0 Å². The maximum atomic E-state index is 12.5. The zero-order valence-corrected chi connectivity index (χ0v) is 11.1. The number of pyridine rings is 1. The molecule has 0 spiro atoms. The van der Waals surface area contributed by atoms with Gasteiger partial charge in [-0.25, -0.2) is 19.4 Å². The first-order chi connectivity index (χ1) is 10.2. The quantitative estimate of drug-likeness (QED) is 0.874. The number of amides is 1. The van der Waals surface area contributed by atoms with Crippen LogP contribution in [0.5, 0.6) is 0 Å². The van der Waals surface area contributed by atoms with E-state index in [1.807, 2.05) is 0 Å². The van der Waals surface area contributed by atoms with E-state index < -0.39 is 12.0 Å². The number of hydrogen-bond donors (Lipinski definition) is 1. The molecule has 1 aliphatic rings. The number of nitrogens with zero attached hydrogens (tertiary/aromatic N) is 5. The third kappa shape index (κ3) is 2.47. The van der Waals surface area contributed by atoms with Gasteiger partial charge in [-0.15, -0.1) is 0 Å². The summed E-state index contributed by atoms with van der Waals surface area (Å²) < 4.78 is 1.44. The molecule has 3 heterocycles. The van der Waals surface area contributed by atoms with E-state index in [0.29, 0.717) is 30.8 Å². The summed E-state index contributed by atoms with van der Waals surface area (Å²) >= 11 is 0. The Bertz CT molecular complexity index is 670. The van der Waals surface area contributed by atoms with Gasteiger partial charge >= 0.3 is 5.97 Å². The van der Waals surface area contributed by atoms with E-state index in [4.69, 9.17) is 5.11 Å². The van der Waals surface area contributed by atoms with Gasteiger partial charge in [-0.2, -0.15) is 5.10 Å². The molecule has 0 bridgehead atoms. The smallest absolute Gasteiger partial charge is 0.326 e. The average molecular weight is 287 g/mol. The van der Waals surface area contributed by atoms with Crippen LogP contribution >= 0.6 is 0 Å². The van der Waals surface area contributed by atoms with Gasteiger partial charge in [0.15, 0.2) is 5.82 Å². The lowest BCUT2D eigenvalue weighted by atomic mass is 10.2. The van der Waals surface area contributed by atoms with Crippen molar-refractivity contribution in [2.75, 3.05) is 6.54 Å². The van der Waals surface area contributed by atoms with Crippen LogP contribution in [-0.2, 0) is 4.79 Å². The molecular weight excluding hydrogens is 274 g/mol. The van der Waals surface area contributed by atoms with Crippen LogP contribution in [0.3, 0.4) is 0 Å². The number of carbonyl (C=O) groups is 2. The highest BCUT2D eigenvalue weighted by atomic mass is 16.4. The molecule has 0 saturated carbocycles. The molecule has 1 atom stereocenters. The molecule has 2 aromatic heterocycles.